The first-order chi connectivity index (χ1) is 9.72. The van der Waals surface area contributed by atoms with Crippen molar-refractivity contribution in [2.24, 2.45) is 10.8 Å². The van der Waals surface area contributed by atoms with Crippen molar-refractivity contribution < 1.29 is 9.13 Å². The van der Waals surface area contributed by atoms with Crippen molar-refractivity contribution in [1.29, 1.82) is 5.26 Å². The van der Waals surface area contributed by atoms with Gasteiger partial charge in [-0.05, 0) is 18.2 Å². The van der Waals surface area contributed by atoms with Crippen LogP contribution in [0.2, 0.25) is 0 Å². The first-order valence-corrected chi connectivity index (χ1v) is 6.03. The first kappa shape index (κ1) is 15.0. The second kappa shape index (κ2) is 5.95. The fourth-order valence-electron chi connectivity index (χ4n) is 2.17. The topological polar surface area (TPSA) is 74.6 Å². The highest BCUT2D eigenvalue weighted by atomic mass is 35.5. The van der Waals surface area contributed by atoms with Gasteiger partial charge in [-0.25, -0.2) is 9.40 Å². The molecule has 0 radical (unpaired) electrons. The van der Waals surface area contributed by atoms with E-state index in [1.165, 1.54) is 11.1 Å². The molecule has 0 aliphatic carbocycles. The molecular formula is C14H12ClFN4O. The number of nitriles is 1. The van der Waals surface area contributed by atoms with Gasteiger partial charge in [0.1, 0.15) is 29.0 Å². The molecule has 3 rings (SSSR count). The summed E-state index contributed by atoms with van der Waals surface area (Å²) in [5, 5.41) is 14.8. The number of ether oxygens (including phenoxy) is 1. The second-order valence-electron chi connectivity index (χ2n) is 4.31. The molecule has 0 bridgehead atoms. The van der Waals surface area contributed by atoms with Gasteiger partial charge in [-0.3, -0.25) is 0 Å². The van der Waals surface area contributed by atoms with Crippen molar-refractivity contribution in [3.05, 3.63) is 53.1 Å². The molecule has 0 amide bonds. The number of hydrazone groups is 1. The van der Waals surface area contributed by atoms with Crippen LogP contribution in [0.5, 0.6) is 0 Å². The predicted octanol–water partition coefficient (Wildman–Crippen LogP) is 2.07. The number of fused-ring (bicyclic) bond motifs is 1. The molecule has 21 heavy (non-hydrogen) atoms. The van der Waals surface area contributed by atoms with E-state index in [1.807, 2.05) is 0 Å². The lowest BCUT2D eigenvalue weighted by Gasteiger charge is -2.29. The lowest BCUT2D eigenvalue weighted by molar-refractivity contribution is 0.199. The smallest absolute Gasteiger partial charge is 0.148 e. The number of allylic oxidation sites excluding steroid dienone is 1. The number of nitrogens with two attached hydrogens (primary N) is 1. The van der Waals surface area contributed by atoms with Gasteiger partial charge in [-0.1, -0.05) is 12.1 Å². The summed E-state index contributed by atoms with van der Waals surface area (Å²) >= 11 is 0. The molecule has 0 saturated heterocycles. The molecule has 0 spiro atoms. The van der Waals surface area contributed by atoms with Gasteiger partial charge in [-0.15, -0.1) is 12.4 Å². The van der Waals surface area contributed by atoms with Gasteiger partial charge in [-0.2, -0.15) is 10.4 Å². The van der Waals surface area contributed by atoms with Crippen molar-refractivity contribution in [2.45, 2.75) is 0 Å². The van der Waals surface area contributed by atoms with Gasteiger partial charge in [0.2, 0.25) is 0 Å². The third-order valence-corrected chi connectivity index (χ3v) is 3.12. The van der Waals surface area contributed by atoms with Gasteiger partial charge in [0.15, 0.2) is 0 Å². The monoisotopic (exact) mass is 306 g/mol. The highest BCUT2D eigenvalue weighted by molar-refractivity contribution is 6.08. The Bertz CT molecular complexity index is 705. The Morgan fingerprint density at radius 3 is 2.86 bits per heavy atom. The van der Waals surface area contributed by atoms with E-state index in [4.69, 9.17) is 10.5 Å². The number of rotatable bonds is 1. The normalized spacial score (nSPS) is 17.2. The molecule has 1 aromatic carbocycles. The maximum atomic E-state index is 13.9. The third kappa shape index (κ3) is 2.49. The van der Waals surface area contributed by atoms with Crippen LogP contribution >= 0.6 is 12.4 Å². The molecule has 0 fully saturated rings. The first-order valence-electron chi connectivity index (χ1n) is 6.03. The molecule has 2 N–H and O–H groups in total. The summed E-state index contributed by atoms with van der Waals surface area (Å²) in [7, 11) is 0. The Labute approximate surface area is 127 Å². The Morgan fingerprint density at radius 1 is 1.38 bits per heavy atom. The van der Waals surface area contributed by atoms with Gasteiger partial charge in [0.05, 0.1) is 18.9 Å². The molecule has 0 aromatic heterocycles. The number of hydrogen-bond donors (Lipinski definition) is 1. The zero-order chi connectivity index (χ0) is 14.1. The molecule has 2 aliphatic heterocycles. The van der Waals surface area contributed by atoms with Gasteiger partial charge < -0.3 is 10.5 Å². The van der Waals surface area contributed by atoms with Crippen LogP contribution in [-0.4, -0.2) is 18.9 Å². The minimum Gasteiger partial charge on any atom is -0.383 e. The van der Waals surface area contributed by atoms with E-state index in [9.17, 15) is 9.65 Å². The Morgan fingerprint density at radius 2 is 2.14 bits per heavy atom. The average molecular weight is 307 g/mol. The van der Waals surface area contributed by atoms with Gasteiger partial charge >= 0.3 is 0 Å². The summed E-state index contributed by atoms with van der Waals surface area (Å²) in [5.41, 5.74) is 7.71. The van der Waals surface area contributed by atoms with Crippen LogP contribution in [0.4, 0.5) is 10.1 Å². The summed E-state index contributed by atoms with van der Waals surface area (Å²) in [6.45, 7) is 0.682. The molecule has 0 saturated carbocycles. The maximum absolute atomic E-state index is 13.9. The van der Waals surface area contributed by atoms with Crippen LogP contribution in [0.1, 0.15) is 0 Å². The van der Waals surface area contributed by atoms with E-state index in [0.717, 1.165) is 0 Å². The Balaban J connectivity index is 0.00000161. The second-order valence-corrected chi connectivity index (χ2v) is 4.31. The number of anilines is 1. The van der Waals surface area contributed by atoms with Gasteiger partial charge in [0.25, 0.3) is 0 Å². The van der Waals surface area contributed by atoms with E-state index >= 15 is 0 Å². The van der Waals surface area contributed by atoms with Crippen molar-refractivity contribution in [3.63, 3.8) is 0 Å². The van der Waals surface area contributed by atoms with E-state index in [1.54, 1.807) is 24.3 Å². The third-order valence-electron chi connectivity index (χ3n) is 3.12. The standard InChI is InChI=1S/C14H11FN4O.ClH/c15-11-3-1-2-4-13(11)19-14(17)10(7-16)9-5-6-20-8-12(9)18-19;/h1-5H,6,8,17H2;1H. The maximum Gasteiger partial charge on any atom is 0.148 e. The molecule has 5 nitrogen and oxygen atoms in total. The largest absolute Gasteiger partial charge is 0.383 e. The highest BCUT2D eigenvalue weighted by Crippen LogP contribution is 2.30. The van der Waals surface area contributed by atoms with Crippen LogP contribution in [-0.2, 0) is 4.74 Å². The number of halogens is 2. The van der Waals surface area contributed by atoms with E-state index in [0.29, 0.717) is 23.5 Å². The number of hydrogen-bond acceptors (Lipinski definition) is 5. The van der Waals surface area contributed by atoms with Crippen molar-refractivity contribution in [2.75, 3.05) is 18.2 Å². The molecule has 0 atom stereocenters. The lowest BCUT2D eigenvalue weighted by Crippen LogP contribution is -2.34. The number of nitrogens with zero attached hydrogens (tertiary/aromatic N) is 3. The van der Waals surface area contributed by atoms with Crippen LogP contribution in [0.15, 0.2) is 52.4 Å². The lowest BCUT2D eigenvalue weighted by atomic mass is 9.99. The quantitative estimate of drug-likeness (QED) is 0.862. The van der Waals surface area contributed by atoms with Gasteiger partial charge in [0, 0.05) is 5.57 Å². The summed E-state index contributed by atoms with van der Waals surface area (Å²) in [6.07, 6.45) is 1.76. The van der Waals surface area contributed by atoms with Crippen LogP contribution < -0.4 is 10.7 Å². The minimum absolute atomic E-state index is 0. The summed E-state index contributed by atoms with van der Waals surface area (Å²) in [6, 6.07) is 8.19. The van der Waals surface area contributed by atoms with E-state index in [2.05, 4.69) is 11.2 Å². The van der Waals surface area contributed by atoms with Crippen LogP contribution in [0.25, 0.3) is 0 Å². The molecule has 7 heteroatoms. The summed E-state index contributed by atoms with van der Waals surface area (Å²) < 4.78 is 19.2. The zero-order valence-electron chi connectivity index (χ0n) is 10.9. The van der Waals surface area contributed by atoms with E-state index < -0.39 is 5.82 Å². The number of para-hydroxylation sites is 1. The molecular weight excluding hydrogens is 295 g/mol. The molecule has 1 aromatic rings. The van der Waals surface area contributed by atoms with Crippen LogP contribution in [0.3, 0.4) is 0 Å². The Hall–Kier alpha value is -2.36. The van der Waals surface area contributed by atoms with E-state index in [-0.39, 0.29) is 30.5 Å². The molecule has 0 unspecified atom stereocenters. The number of benzene rings is 1. The Kier molecular flexibility index (Phi) is 4.26. The zero-order valence-corrected chi connectivity index (χ0v) is 11.7. The van der Waals surface area contributed by atoms with Crippen molar-refractivity contribution in [1.82, 2.24) is 0 Å². The SMILES string of the molecule is Cl.N#CC1=C(N)N(c2ccccc2F)N=C2COCC=C21. The fraction of sp³-hybridized carbons (Fsp3) is 0.143. The molecule has 108 valence electrons. The van der Waals surface area contributed by atoms with Crippen LogP contribution in [0, 0.1) is 17.1 Å². The fourth-order valence-corrected chi connectivity index (χ4v) is 2.17. The minimum atomic E-state index is -0.457. The molecule has 2 heterocycles. The summed E-state index contributed by atoms with van der Waals surface area (Å²) in [4.78, 5) is 0. The predicted molar refractivity (Wildman–Crippen MR) is 79.3 cm³/mol. The summed E-state index contributed by atoms with van der Waals surface area (Å²) in [5.74, 6) is -0.337. The van der Waals surface area contributed by atoms with Crippen molar-refractivity contribution >= 4 is 23.8 Å². The molecule has 2 aliphatic rings. The average Bonchev–Trinajstić information content (AvgIpc) is 2.47. The highest BCUT2D eigenvalue weighted by Gasteiger charge is 2.28. The van der Waals surface area contributed by atoms with Crippen molar-refractivity contribution in [3.8, 4) is 6.07 Å².